The lowest BCUT2D eigenvalue weighted by atomic mass is 10.2. The average molecular weight is 346 g/mol. The van der Waals surface area contributed by atoms with Crippen molar-refractivity contribution < 1.29 is 8.42 Å². The molecule has 1 aliphatic carbocycles. The molecule has 1 aromatic rings. The molecule has 0 unspecified atom stereocenters. The summed E-state index contributed by atoms with van der Waals surface area (Å²) in [5, 5.41) is 0.692. The van der Waals surface area contributed by atoms with Gasteiger partial charge in [0.2, 0.25) is 10.0 Å². The van der Waals surface area contributed by atoms with Crippen molar-refractivity contribution in [1.82, 2.24) is 4.31 Å². The van der Waals surface area contributed by atoms with Crippen molar-refractivity contribution in [3.63, 3.8) is 0 Å². The lowest BCUT2D eigenvalue weighted by Gasteiger charge is -2.27. The van der Waals surface area contributed by atoms with Crippen molar-refractivity contribution in [2.75, 3.05) is 11.9 Å². The van der Waals surface area contributed by atoms with Gasteiger partial charge in [-0.2, -0.15) is 4.31 Å². The molecule has 0 bridgehead atoms. The van der Waals surface area contributed by atoms with Crippen molar-refractivity contribution >= 4 is 26.0 Å². The van der Waals surface area contributed by atoms with Crippen LogP contribution in [0.1, 0.15) is 31.2 Å². The summed E-state index contributed by atoms with van der Waals surface area (Å²) in [5.74, 6) is 0.108. The Labute approximate surface area is 124 Å². The molecule has 1 aliphatic rings. The number of alkyl halides is 1. The van der Waals surface area contributed by atoms with Crippen LogP contribution >= 0.6 is 15.9 Å². The first kappa shape index (κ1) is 15.0. The molecule has 5 heteroatoms. The van der Waals surface area contributed by atoms with Crippen LogP contribution in [0.3, 0.4) is 0 Å². The molecule has 0 saturated heterocycles. The molecule has 0 aromatic heterocycles. The van der Waals surface area contributed by atoms with E-state index in [1.807, 2.05) is 30.3 Å². The van der Waals surface area contributed by atoms with Crippen LogP contribution < -0.4 is 0 Å². The zero-order valence-electron chi connectivity index (χ0n) is 11.0. The van der Waals surface area contributed by atoms with E-state index in [0.717, 1.165) is 31.2 Å². The summed E-state index contributed by atoms with van der Waals surface area (Å²) in [7, 11) is -3.22. The monoisotopic (exact) mass is 345 g/mol. The minimum atomic E-state index is -3.22. The molecule has 3 nitrogen and oxygen atoms in total. The Morgan fingerprint density at radius 1 is 1.16 bits per heavy atom. The molecule has 1 saturated carbocycles. The number of sulfonamides is 1. The second-order valence-corrected chi connectivity index (χ2v) is 7.69. The van der Waals surface area contributed by atoms with Crippen molar-refractivity contribution in [2.45, 2.75) is 37.5 Å². The zero-order valence-corrected chi connectivity index (χ0v) is 13.4. The molecule has 0 atom stereocenters. The Morgan fingerprint density at radius 2 is 1.79 bits per heavy atom. The van der Waals surface area contributed by atoms with E-state index in [0.29, 0.717) is 11.9 Å². The van der Waals surface area contributed by atoms with Gasteiger partial charge < -0.3 is 0 Å². The minimum Gasteiger partial charge on any atom is -0.212 e. The molecule has 0 aliphatic heterocycles. The molecule has 0 heterocycles. The Bertz CT molecular complexity index is 483. The van der Waals surface area contributed by atoms with Crippen LogP contribution in [-0.4, -0.2) is 30.6 Å². The first-order valence-corrected chi connectivity index (χ1v) is 9.46. The summed E-state index contributed by atoms with van der Waals surface area (Å²) in [6.07, 6.45) is 4.29. The zero-order chi connectivity index (χ0) is 13.7. The van der Waals surface area contributed by atoms with Gasteiger partial charge >= 0.3 is 0 Å². The summed E-state index contributed by atoms with van der Waals surface area (Å²) >= 11 is 3.37. The van der Waals surface area contributed by atoms with Gasteiger partial charge in [-0.25, -0.2) is 8.42 Å². The SMILES string of the molecule is O=S(=O)(Cc1ccccc1)N(CCBr)C1CCCC1. The second kappa shape index (κ2) is 6.86. The fourth-order valence-corrected chi connectivity index (χ4v) is 5.12. The van der Waals surface area contributed by atoms with E-state index in [9.17, 15) is 8.42 Å². The number of halogens is 1. The van der Waals surface area contributed by atoms with Gasteiger partial charge in [0.05, 0.1) is 5.75 Å². The van der Waals surface area contributed by atoms with Crippen molar-refractivity contribution in [2.24, 2.45) is 0 Å². The number of rotatable bonds is 6. The van der Waals surface area contributed by atoms with Crippen LogP contribution in [0, 0.1) is 0 Å². The van der Waals surface area contributed by atoms with Gasteiger partial charge in [-0.05, 0) is 18.4 Å². The summed E-state index contributed by atoms with van der Waals surface area (Å²) in [6.45, 7) is 0.569. The van der Waals surface area contributed by atoms with Gasteiger partial charge in [0, 0.05) is 17.9 Å². The quantitative estimate of drug-likeness (QED) is 0.742. The number of nitrogens with zero attached hydrogens (tertiary/aromatic N) is 1. The molecule has 0 radical (unpaired) electrons. The fraction of sp³-hybridized carbons (Fsp3) is 0.571. The second-order valence-electron chi connectivity index (χ2n) is 4.98. The minimum absolute atomic E-state index is 0.108. The molecule has 1 fully saturated rings. The summed E-state index contributed by atoms with van der Waals surface area (Å²) in [5.41, 5.74) is 0.861. The van der Waals surface area contributed by atoms with Crippen LogP contribution in [-0.2, 0) is 15.8 Å². The normalized spacial score (nSPS) is 17.2. The van der Waals surface area contributed by atoms with Gasteiger partial charge in [0.25, 0.3) is 0 Å². The molecule has 106 valence electrons. The summed E-state index contributed by atoms with van der Waals surface area (Å²) in [4.78, 5) is 0. The van der Waals surface area contributed by atoms with Gasteiger partial charge in [-0.1, -0.05) is 59.1 Å². The molecule has 0 amide bonds. The lowest BCUT2D eigenvalue weighted by Crippen LogP contribution is -2.40. The molecule has 0 spiro atoms. The molecule has 1 aromatic carbocycles. The third-order valence-electron chi connectivity index (χ3n) is 3.59. The van der Waals surface area contributed by atoms with E-state index in [-0.39, 0.29) is 11.8 Å². The van der Waals surface area contributed by atoms with Gasteiger partial charge in [-0.3, -0.25) is 0 Å². The van der Waals surface area contributed by atoms with Crippen molar-refractivity contribution in [1.29, 1.82) is 0 Å². The fourth-order valence-electron chi connectivity index (χ4n) is 2.69. The third-order valence-corrected chi connectivity index (χ3v) is 5.83. The number of hydrogen-bond donors (Lipinski definition) is 0. The highest BCUT2D eigenvalue weighted by atomic mass is 79.9. The predicted molar refractivity (Wildman–Crippen MR) is 81.8 cm³/mol. The summed E-state index contributed by atoms with van der Waals surface area (Å²) < 4.78 is 26.9. The Hall–Kier alpha value is -0.390. The van der Waals surface area contributed by atoms with E-state index in [1.165, 1.54) is 0 Å². The third kappa shape index (κ3) is 4.04. The van der Waals surface area contributed by atoms with E-state index in [1.54, 1.807) is 4.31 Å². The maximum Gasteiger partial charge on any atom is 0.218 e. The molecule has 19 heavy (non-hydrogen) atoms. The van der Waals surface area contributed by atoms with Gasteiger partial charge in [0.1, 0.15) is 0 Å². The largest absolute Gasteiger partial charge is 0.218 e. The highest BCUT2D eigenvalue weighted by molar-refractivity contribution is 9.09. The molecule has 2 rings (SSSR count). The standard InChI is InChI=1S/C14H20BrNO2S/c15-10-11-16(14-8-4-5-9-14)19(17,18)12-13-6-2-1-3-7-13/h1-3,6-7,14H,4-5,8-12H2. The maximum absolute atomic E-state index is 12.6. The average Bonchev–Trinajstić information content (AvgIpc) is 2.90. The lowest BCUT2D eigenvalue weighted by molar-refractivity contribution is 0.337. The topological polar surface area (TPSA) is 37.4 Å². The highest BCUT2D eigenvalue weighted by Gasteiger charge is 2.31. The molecular formula is C14H20BrNO2S. The Morgan fingerprint density at radius 3 is 2.37 bits per heavy atom. The number of benzene rings is 1. The van der Waals surface area contributed by atoms with E-state index in [2.05, 4.69) is 15.9 Å². The smallest absolute Gasteiger partial charge is 0.212 e. The van der Waals surface area contributed by atoms with Crippen LogP contribution in [0.4, 0.5) is 0 Å². The van der Waals surface area contributed by atoms with Crippen molar-refractivity contribution in [3.8, 4) is 0 Å². The van der Waals surface area contributed by atoms with Crippen molar-refractivity contribution in [3.05, 3.63) is 35.9 Å². The summed E-state index contributed by atoms with van der Waals surface area (Å²) in [6, 6.07) is 9.62. The van der Waals surface area contributed by atoms with Crippen LogP contribution in [0.25, 0.3) is 0 Å². The number of hydrogen-bond acceptors (Lipinski definition) is 2. The van der Waals surface area contributed by atoms with Crippen LogP contribution in [0.15, 0.2) is 30.3 Å². The van der Waals surface area contributed by atoms with E-state index in [4.69, 9.17) is 0 Å². The maximum atomic E-state index is 12.6. The van der Waals surface area contributed by atoms with E-state index < -0.39 is 10.0 Å². The van der Waals surface area contributed by atoms with E-state index >= 15 is 0 Å². The predicted octanol–water partition coefficient (Wildman–Crippen LogP) is 3.16. The van der Waals surface area contributed by atoms with Crippen LogP contribution in [0.2, 0.25) is 0 Å². The van der Waals surface area contributed by atoms with Gasteiger partial charge in [-0.15, -0.1) is 0 Å². The first-order chi connectivity index (χ1) is 9.13. The van der Waals surface area contributed by atoms with Gasteiger partial charge in [0.15, 0.2) is 0 Å². The Balaban J connectivity index is 2.14. The first-order valence-electron chi connectivity index (χ1n) is 6.73. The van der Waals surface area contributed by atoms with Crippen LogP contribution in [0.5, 0.6) is 0 Å². The Kier molecular flexibility index (Phi) is 5.42. The molecule has 0 N–H and O–H groups in total. The highest BCUT2D eigenvalue weighted by Crippen LogP contribution is 2.27. The molecular weight excluding hydrogens is 326 g/mol.